The molecule has 0 spiro atoms. The van der Waals surface area contributed by atoms with E-state index in [0.29, 0.717) is 5.92 Å². The van der Waals surface area contributed by atoms with Crippen molar-refractivity contribution in [2.75, 3.05) is 13.6 Å². The minimum Gasteiger partial charge on any atom is -0.376 e. The summed E-state index contributed by atoms with van der Waals surface area (Å²) < 4.78 is 0. The van der Waals surface area contributed by atoms with Crippen molar-refractivity contribution >= 4 is 12.3 Å². The van der Waals surface area contributed by atoms with Crippen LogP contribution in [0.1, 0.15) is 25.3 Å². The highest BCUT2D eigenvalue weighted by atomic mass is 15.1. The topological polar surface area (TPSA) is 3.24 Å². The van der Waals surface area contributed by atoms with E-state index >= 15 is 0 Å². The molecule has 1 aromatic carbocycles. The average Bonchev–Trinajstić information content (AvgIpc) is 2.16. The molecular weight excluding hydrogens is 170 g/mol. The maximum Gasteiger partial charge on any atom is 0.0360 e. The van der Waals surface area contributed by atoms with Crippen LogP contribution in [0, 0.1) is 0 Å². The molecule has 0 unspecified atom stereocenters. The van der Waals surface area contributed by atoms with Crippen molar-refractivity contribution in [3.8, 4) is 0 Å². The summed E-state index contributed by atoms with van der Waals surface area (Å²) in [5.41, 5.74) is 1.42. The van der Waals surface area contributed by atoms with Crippen LogP contribution in [-0.2, 0) is 0 Å². The Kier molecular flexibility index (Phi) is 2.32. The largest absolute Gasteiger partial charge is 0.376 e. The zero-order valence-corrected chi connectivity index (χ0v) is 9.12. The first-order valence-corrected chi connectivity index (χ1v) is 5.19. The van der Waals surface area contributed by atoms with E-state index in [0.717, 1.165) is 6.54 Å². The highest BCUT2D eigenvalue weighted by molar-refractivity contribution is 5.40. The van der Waals surface area contributed by atoms with Crippen molar-refractivity contribution in [3.05, 3.63) is 34.2 Å². The first kappa shape index (κ1) is 9.32. The molecule has 2 rings (SSSR count). The van der Waals surface area contributed by atoms with Gasteiger partial charge in [-0.15, -0.1) is 0 Å². The van der Waals surface area contributed by atoms with E-state index in [1.54, 1.807) is 0 Å². The lowest BCUT2D eigenvalue weighted by molar-refractivity contribution is 0.564. The van der Waals surface area contributed by atoms with Crippen LogP contribution in [0.25, 0.3) is 12.3 Å². The standard InChI is InChI=1S/C13H17N/c1-10(2)12-5-4-11-6-7-14(3)9-13(11)8-12/h4-6,8-10H,7H2,1-3H3. The predicted octanol–water partition coefficient (Wildman–Crippen LogP) is 1.27. The maximum atomic E-state index is 2.30. The highest BCUT2D eigenvalue weighted by Gasteiger charge is 2.01. The molecule has 74 valence electrons. The summed E-state index contributed by atoms with van der Waals surface area (Å²) in [6.07, 6.45) is 4.50. The van der Waals surface area contributed by atoms with E-state index in [1.165, 1.54) is 16.0 Å². The van der Waals surface area contributed by atoms with Crippen LogP contribution in [0.4, 0.5) is 0 Å². The SMILES string of the molecule is CC(C)c1ccc2c(c1)=CN(C)CC=2. The van der Waals surface area contributed by atoms with Crippen LogP contribution in [0.2, 0.25) is 0 Å². The normalized spacial score (nSPS) is 14.7. The van der Waals surface area contributed by atoms with E-state index in [1.807, 2.05) is 0 Å². The summed E-state index contributed by atoms with van der Waals surface area (Å²) in [6.45, 7) is 5.49. The van der Waals surface area contributed by atoms with Gasteiger partial charge in [0.1, 0.15) is 0 Å². The molecule has 0 bridgehead atoms. The number of hydrogen-bond donors (Lipinski definition) is 0. The zero-order chi connectivity index (χ0) is 10.1. The second kappa shape index (κ2) is 3.49. The fourth-order valence-electron chi connectivity index (χ4n) is 1.78. The first-order chi connectivity index (χ1) is 6.66. The van der Waals surface area contributed by atoms with Gasteiger partial charge in [-0.1, -0.05) is 32.1 Å². The van der Waals surface area contributed by atoms with E-state index in [4.69, 9.17) is 0 Å². The number of nitrogens with zero attached hydrogens (tertiary/aromatic N) is 1. The van der Waals surface area contributed by atoms with Crippen molar-refractivity contribution in [3.63, 3.8) is 0 Å². The number of rotatable bonds is 1. The second-order valence-electron chi connectivity index (χ2n) is 4.32. The molecular formula is C13H17N. The Hall–Kier alpha value is -1.24. The smallest absolute Gasteiger partial charge is 0.0360 e. The van der Waals surface area contributed by atoms with E-state index in [2.05, 4.69) is 56.3 Å². The number of benzene rings is 1. The predicted molar refractivity (Wildman–Crippen MR) is 61.3 cm³/mol. The summed E-state index contributed by atoms with van der Waals surface area (Å²) in [5, 5.41) is 2.72. The Balaban J connectivity index is 2.59. The summed E-state index contributed by atoms with van der Waals surface area (Å²) >= 11 is 0. The monoisotopic (exact) mass is 187 g/mol. The minimum absolute atomic E-state index is 0.612. The Morgan fingerprint density at radius 1 is 1.21 bits per heavy atom. The van der Waals surface area contributed by atoms with Crippen molar-refractivity contribution in [1.29, 1.82) is 0 Å². The molecule has 1 aliphatic rings. The van der Waals surface area contributed by atoms with E-state index in [9.17, 15) is 0 Å². The molecule has 1 heterocycles. The van der Waals surface area contributed by atoms with Gasteiger partial charge in [-0.05, 0) is 28.0 Å². The van der Waals surface area contributed by atoms with Crippen molar-refractivity contribution in [1.82, 2.24) is 4.90 Å². The van der Waals surface area contributed by atoms with Crippen LogP contribution < -0.4 is 10.4 Å². The highest BCUT2D eigenvalue weighted by Crippen LogP contribution is 2.09. The molecule has 14 heavy (non-hydrogen) atoms. The molecule has 1 aromatic rings. The van der Waals surface area contributed by atoms with Gasteiger partial charge < -0.3 is 4.90 Å². The maximum absolute atomic E-state index is 2.30. The van der Waals surface area contributed by atoms with Crippen LogP contribution in [0.3, 0.4) is 0 Å². The first-order valence-electron chi connectivity index (χ1n) is 5.19. The van der Waals surface area contributed by atoms with E-state index < -0.39 is 0 Å². The molecule has 0 saturated carbocycles. The third-order valence-corrected chi connectivity index (χ3v) is 2.74. The molecule has 1 heteroatoms. The molecule has 0 aromatic heterocycles. The number of fused-ring (bicyclic) bond motifs is 1. The van der Waals surface area contributed by atoms with Crippen molar-refractivity contribution in [2.45, 2.75) is 19.8 Å². The summed E-state index contributed by atoms with van der Waals surface area (Å²) in [5.74, 6) is 0.612. The molecule has 0 radical (unpaired) electrons. The lowest BCUT2D eigenvalue weighted by Crippen LogP contribution is -2.34. The molecule has 0 fully saturated rings. The van der Waals surface area contributed by atoms with Gasteiger partial charge >= 0.3 is 0 Å². The summed E-state index contributed by atoms with van der Waals surface area (Å²) in [7, 11) is 2.11. The van der Waals surface area contributed by atoms with Crippen molar-refractivity contribution < 1.29 is 0 Å². The van der Waals surface area contributed by atoms with Gasteiger partial charge in [0, 0.05) is 19.8 Å². The Labute approximate surface area is 85.4 Å². The lowest BCUT2D eigenvalue weighted by atomic mass is 10.0. The Bertz CT molecular complexity index is 443. The second-order valence-corrected chi connectivity index (χ2v) is 4.32. The summed E-state index contributed by atoms with van der Waals surface area (Å²) in [6, 6.07) is 6.76. The molecule has 1 nitrogen and oxygen atoms in total. The minimum atomic E-state index is 0.612. The van der Waals surface area contributed by atoms with Crippen molar-refractivity contribution in [2.24, 2.45) is 0 Å². The van der Waals surface area contributed by atoms with E-state index in [-0.39, 0.29) is 0 Å². The quantitative estimate of drug-likeness (QED) is 0.640. The van der Waals surface area contributed by atoms with Crippen LogP contribution in [0.5, 0.6) is 0 Å². The molecule has 0 aliphatic carbocycles. The van der Waals surface area contributed by atoms with Crippen LogP contribution >= 0.6 is 0 Å². The van der Waals surface area contributed by atoms with Crippen LogP contribution in [0.15, 0.2) is 18.2 Å². The molecule has 0 atom stereocenters. The molecule has 0 amide bonds. The van der Waals surface area contributed by atoms with Gasteiger partial charge in [-0.25, -0.2) is 0 Å². The lowest BCUT2D eigenvalue weighted by Gasteiger charge is -2.15. The average molecular weight is 187 g/mol. The summed E-state index contributed by atoms with van der Waals surface area (Å²) in [4.78, 5) is 2.21. The number of hydrogen-bond acceptors (Lipinski definition) is 1. The fourth-order valence-corrected chi connectivity index (χ4v) is 1.78. The molecule has 0 saturated heterocycles. The third-order valence-electron chi connectivity index (χ3n) is 2.74. The fraction of sp³-hybridized carbons (Fsp3) is 0.385. The third kappa shape index (κ3) is 1.67. The Morgan fingerprint density at radius 3 is 2.71 bits per heavy atom. The van der Waals surface area contributed by atoms with Gasteiger partial charge in [-0.3, -0.25) is 0 Å². The molecule has 1 aliphatic heterocycles. The Morgan fingerprint density at radius 2 is 2.00 bits per heavy atom. The van der Waals surface area contributed by atoms with Gasteiger partial charge in [0.15, 0.2) is 0 Å². The van der Waals surface area contributed by atoms with Crippen LogP contribution in [-0.4, -0.2) is 18.5 Å². The van der Waals surface area contributed by atoms with Gasteiger partial charge in [-0.2, -0.15) is 0 Å². The molecule has 0 N–H and O–H groups in total. The zero-order valence-electron chi connectivity index (χ0n) is 9.12. The van der Waals surface area contributed by atoms with Gasteiger partial charge in [0.05, 0.1) is 0 Å². The van der Waals surface area contributed by atoms with Gasteiger partial charge in [0.25, 0.3) is 0 Å². The van der Waals surface area contributed by atoms with Gasteiger partial charge in [0.2, 0.25) is 0 Å².